The zero-order valence-corrected chi connectivity index (χ0v) is 21.0. The Kier molecular flexibility index (Phi) is 9.61. The van der Waals surface area contributed by atoms with Gasteiger partial charge in [-0.05, 0) is 44.4 Å². The van der Waals surface area contributed by atoms with Crippen LogP contribution in [-0.4, -0.2) is 55.6 Å². The highest BCUT2D eigenvalue weighted by Gasteiger charge is 2.31. The number of carbonyl (C=O) groups excluding carboxylic acids is 2. The summed E-state index contributed by atoms with van der Waals surface area (Å²) < 4.78 is 27.0. The number of nitrogens with zero attached hydrogens (tertiary/aromatic N) is 2. The Morgan fingerprint density at radius 1 is 0.939 bits per heavy atom. The number of sulfonamides is 1. The van der Waals surface area contributed by atoms with Gasteiger partial charge in [-0.25, -0.2) is 8.42 Å². The Bertz CT molecular complexity index is 1030. The van der Waals surface area contributed by atoms with Crippen LogP contribution in [0.15, 0.2) is 53.4 Å². The highest BCUT2D eigenvalue weighted by atomic mass is 32.2. The van der Waals surface area contributed by atoms with E-state index in [0.717, 1.165) is 27.4 Å². The highest BCUT2D eigenvalue weighted by molar-refractivity contribution is 7.89. The Morgan fingerprint density at radius 2 is 1.48 bits per heavy atom. The molecule has 180 valence electrons. The fourth-order valence-electron chi connectivity index (χ4n) is 3.43. The van der Waals surface area contributed by atoms with Crippen molar-refractivity contribution in [3.05, 3.63) is 65.2 Å². The van der Waals surface area contributed by atoms with Crippen molar-refractivity contribution in [2.24, 2.45) is 0 Å². The summed E-state index contributed by atoms with van der Waals surface area (Å²) in [6, 6.07) is 13.5. The Hall–Kier alpha value is -2.71. The van der Waals surface area contributed by atoms with Gasteiger partial charge in [-0.1, -0.05) is 61.4 Å². The van der Waals surface area contributed by atoms with Crippen molar-refractivity contribution in [1.82, 2.24) is 14.5 Å². The quantitative estimate of drug-likeness (QED) is 0.543. The Labute approximate surface area is 197 Å². The molecule has 33 heavy (non-hydrogen) atoms. The molecule has 0 fully saturated rings. The second-order valence-electron chi connectivity index (χ2n) is 8.30. The lowest BCUT2D eigenvalue weighted by Gasteiger charge is -2.32. The molecule has 0 aliphatic heterocycles. The zero-order chi connectivity index (χ0) is 24.6. The van der Waals surface area contributed by atoms with Crippen molar-refractivity contribution in [2.75, 3.05) is 20.1 Å². The topological polar surface area (TPSA) is 86.8 Å². The number of nitrogens with one attached hydrogen (secondary N) is 1. The van der Waals surface area contributed by atoms with Gasteiger partial charge < -0.3 is 10.2 Å². The van der Waals surface area contributed by atoms with Gasteiger partial charge in [0, 0.05) is 20.1 Å². The molecular formula is C25H35N3O4S. The summed E-state index contributed by atoms with van der Waals surface area (Å²) in [5.41, 5.74) is 2.91. The zero-order valence-electron chi connectivity index (χ0n) is 20.2. The lowest BCUT2D eigenvalue weighted by atomic mass is 10.1. The van der Waals surface area contributed by atoms with Crippen LogP contribution < -0.4 is 5.32 Å². The summed E-state index contributed by atoms with van der Waals surface area (Å²) in [6.45, 7) is 8.03. The van der Waals surface area contributed by atoms with Crippen LogP contribution in [0.1, 0.15) is 43.4 Å². The van der Waals surface area contributed by atoms with Gasteiger partial charge in [-0.3, -0.25) is 9.59 Å². The number of carbonyl (C=O) groups is 2. The fraction of sp³-hybridized carbons (Fsp3) is 0.440. The molecule has 2 amide bonds. The second kappa shape index (κ2) is 12.0. The largest absolute Gasteiger partial charge is 0.354 e. The van der Waals surface area contributed by atoms with Gasteiger partial charge in [0.05, 0.1) is 11.4 Å². The number of likely N-dealkylation sites (N-methyl/N-ethyl adjacent to an activating group) is 1. The van der Waals surface area contributed by atoms with E-state index < -0.39 is 22.0 Å². The predicted octanol–water partition coefficient (Wildman–Crippen LogP) is 3.26. The average Bonchev–Trinajstić information content (AvgIpc) is 2.78. The molecule has 1 atom stereocenters. The molecule has 0 radical (unpaired) electrons. The van der Waals surface area contributed by atoms with E-state index in [4.69, 9.17) is 0 Å². The van der Waals surface area contributed by atoms with E-state index in [1.54, 1.807) is 12.1 Å². The first kappa shape index (κ1) is 26.5. The lowest BCUT2D eigenvalue weighted by Crippen LogP contribution is -2.51. The van der Waals surface area contributed by atoms with Crippen LogP contribution in [0.5, 0.6) is 0 Å². The average molecular weight is 474 g/mol. The number of hydrogen-bond acceptors (Lipinski definition) is 4. The molecule has 0 heterocycles. The maximum atomic E-state index is 13.4. The molecule has 0 spiro atoms. The summed E-state index contributed by atoms with van der Waals surface area (Å²) in [7, 11) is -2.46. The summed E-state index contributed by atoms with van der Waals surface area (Å²) >= 11 is 0. The van der Waals surface area contributed by atoms with Crippen molar-refractivity contribution in [3.63, 3.8) is 0 Å². The van der Waals surface area contributed by atoms with Crippen LogP contribution in [0.3, 0.4) is 0 Å². The van der Waals surface area contributed by atoms with Gasteiger partial charge in [-0.15, -0.1) is 0 Å². The maximum Gasteiger partial charge on any atom is 0.243 e. The molecule has 8 heteroatoms. The summed E-state index contributed by atoms with van der Waals surface area (Å²) in [6.07, 6.45) is 1.20. The lowest BCUT2D eigenvalue weighted by molar-refractivity contribution is -0.141. The Balaban J connectivity index is 2.29. The van der Waals surface area contributed by atoms with E-state index in [-0.39, 0.29) is 23.9 Å². The van der Waals surface area contributed by atoms with Crippen molar-refractivity contribution in [2.45, 2.75) is 58.0 Å². The third-order valence-electron chi connectivity index (χ3n) is 5.50. The number of rotatable bonds is 11. The van der Waals surface area contributed by atoms with Gasteiger partial charge in [0.2, 0.25) is 21.8 Å². The minimum absolute atomic E-state index is 0.126. The molecule has 0 bridgehead atoms. The van der Waals surface area contributed by atoms with Crippen LogP contribution >= 0.6 is 0 Å². The first-order valence-electron chi connectivity index (χ1n) is 11.3. The van der Waals surface area contributed by atoms with Gasteiger partial charge in [0.1, 0.15) is 6.04 Å². The molecule has 1 N–H and O–H groups in total. The minimum atomic E-state index is -3.84. The van der Waals surface area contributed by atoms with Crippen LogP contribution in [0, 0.1) is 13.8 Å². The summed E-state index contributed by atoms with van der Waals surface area (Å²) in [5, 5.41) is 2.86. The highest BCUT2D eigenvalue weighted by Crippen LogP contribution is 2.18. The van der Waals surface area contributed by atoms with E-state index in [1.807, 2.05) is 52.0 Å². The van der Waals surface area contributed by atoms with Crippen molar-refractivity contribution >= 4 is 21.8 Å². The summed E-state index contributed by atoms with van der Waals surface area (Å²) in [4.78, 5) is 27.8. The molecular weight excluding hydrogens is 438 g/mol. The van der Waals surface area contributed by atoms with Crippen LogP contribution in [-0.2, 0) is 26.2 Å². The van der Waals surface area contributed by atoms with Crippen LogP contribution in [0.4, 0.5) is 0 Å². The van der Waals surface area contributed by atoms with Crippen molar-refractivity contribution < 1.29 is 18.0 Å². The third-order valence-corrected chi connectivity index (χ3v) is 7.31. The fourth-order valence-corrected chi connectivity index (χ4v) is 4.55. The minimum Gasteiger partial charge on any atom is -0.354 e. The molecule has 2 aromatic rings. The van der Waals surface area contributed by atoms with Gasteiger partial charge >= 0.3 is 0 Å². The van der Waals surface area contributed by atoms with E-state index in [2.05, 4.69) is 5.32 Å². The summed E-state index contributed by atoms with van der Waals surface area (Å²) in [5.74, 6) is -0.656. The number of amides is 2. The molecule has 0 unspecified atom stereocenters. The molecule has 7 nitrogen and oxygen atoms in total. The molecule has 0 aliphatic carbocycles. The first-order chi connectivity index (χ1) is 15.6. The van der Waals surface area contributed by atoms with Crippen LogP contribution in [0.25, 0.3) is 0 Å². The monoisotopic (exact) mass is 473 g/mol. The van der Waals surface area contributed by atoms with Crippen LogP contribution in [0.2, 0.25) is 0 Å². The normalized spacial score (nSPS) is 12.4. The van der Waals surface area contributed by atoms with E-state index in [9.17, 15) is 18.0 Å². The molecule has 0 aromatic heterocycles. The molecule has 0 saturated carbocycles. The molecule has 0 aliphatic rings. The standard InChI is InChI=1S/C25H35N3O4S/c1-6-16-26-25(30)23(7-2)28(17-21-12-8-19(3)9-13-21)24(29)18-27(5)33(31,32)22-14-10-20(4)11-15-22/h8-15,23H,6-7,16-18H2,1-5H3,(H,26,30)/t23-/m0/s1. The van der Waals surface area contributed by atoms with Gasteiger partial charge in [0.25, 0.3) is 0 Å². The molecule has 2 aromatic carbocycles. The molecule has 0 saturated heterocycles. The predicted molar refractivity (Wildman–Crippen MR) is 130 cm³/mol. The Morgan fingerprint density at radius 3 is 2.00 bits per heavy atom. The number of benzene rings is 2. The van der Waals surface area contributed by atoms with E-state index in [0.29, 0.717) is 13.0 Å². The van der Waals surface area contributed by atoms with Gasteiger partial charge in [0.15, 0.2) is 0 Å². The van der Waals surface area contributed by atoms with Crippen molar-refractivity contribution in [1.29, 1.82) is 0 Å². The SMILES string of the molecule is CCCNC(=O)[C@H](CC)N(Cc1ccc(C)cc1)C(=O)CN(C)S(=O)(=O)c1ccc(C)cc1. The van der Waals surface area contributed by atoms with Crippen molar-refractivity contribution in [3.8, 4) is 0 Å². The van der Waals surface area contributed by atoms with E-state index >= 15 is 0 Å². The first-order valence-corrected chi connectivity index (χ1v) is 12.7. The smallest absolute Gasteiger partial charge is 0.243 e. The number of aryl methyl sites for hydroxylation is 2. The number of hydrogen-bond donors (Lipinski definition) is 1. The van der Waals surface area contributed by atoms with Gasteiger partial charge in [-0.2, -0.15) is 4.31 Å². The molecule has 2 rings (SSSR count). The second-order valence-corrected chi connectivity index (χ2v) is 10.3. The van der Waals surface area contributed by atoms with E-state index in [1.165, 1.54) is 24.1 Å². The third kappa shape index (κ3) is 7.14. The maximum absolute atomic E-state index is 13.4.